The second-order valence-corrected chi connectivity index (χ2v) is 6.31. The summed E-state index contributed by atoms with van der Waals surface area (Å²) in [5.41, 5.74) is 1.72. The number of nitrogens with one attached hydrogen (secondary N) is 1. The summed E-state index contributed by atoms with van der Waals surface area (Å²) < 4.78 is 12.8. The fourth-order valence-corrected chi connectivity index (χ4v) is 2.73. The fraction of sp³-hybridized carbons (Fsp3) is 0.190. The molecule has 3 aromatic rings. The van der Waals surface area contributed by atoms with Crippen LogP contribution in [-0.4, -0.2) is 28.6 Å². The van der Waals surface area contributed by atoms with Crippen molar-refractivity contribution < 1.29 is 9.47 Å². The molecule has 1 heterocycles. The zero-order valence-electron chi connectivity index (χ0n) is 15.8. The number of hydrogen-bond donors (Lipinski definition) is 1. The van der Waals surface area contributed by atoms with Crippen LogP contribution >= 0.6 is 12.2 Å². The van der Waals surface area contributed by atoms with E-state index in [9.17, 15) is 0 Å². The summed E-state index contributed by atoms with van der Waals surface area (Å²) in [5.74, 6) is 1.35. The van der Waals surface area contributed by atoms with Gasteiger partial charge in [-0.3, -0.25) is 0 Å². The highest BCUT2D eigenvalue weighted by Gasteiger charge is 2.06. The van der Waals surface area contributed by atoms with Gasteiger partial charge in [0.1, 0.15) is 5.75 Å². The first-order valence-corrected chi connectivity index (χ1v) is 9.38. The van der Waals surface area contributed by atoms with E-state index in [1.54, 1.807) is 18.0 Å². The molecule has 0 amide bonds. The van der Waals surface area contributed by atoms with Crippen LogP contribution in [0.5, 0.6) is 11.6 Å². The van der Waals surface area contributed by atoms with E-state index in [1.807, 2.05) is 60.7 Å². The Labute approximate surface area is 169 Å². The lowest BCUT2D eigenvalue weighted by atomic mass is 10.3. The largest absolute Gasteiger partial charge is 0.497 e. The summed E-state index contributed by atoms with van der Waals surface area (Å²) in [6.07, 6.45) is 2.55. The maximum atomic E-state index is 5.87. The minimum Gasteiger partial charge on any atom is -0.497 e. The number of rotatable bonds is 6. The molecule has 0 saturated carbocycles. The number of ether oxygens (including phenoxy) is 2. The first-order valence-electron chi connectivity index (χ1n) is 8.97. The molecule has 0 spiro atoms. The zero-order valence-corrected chi connectivity index (χ0v) is 16.6. The Morgan fingerprint density at radius 3 is 2.71 bits per heavy atom. The van der Waals surface area contributed by atoms with Crippen molar-refractivity contribution in [1.82, 2.24) is 9.78 Å². The first kappa shape index (κ1) is 19.6. The van der Waals surface area contributed by atoms with E-state index in [4.69, 9.17) is 21.7 Å². The molecule has 144 valence electrons. The Balaban J connectivity index is 1.87. The lowest BCUT2D eigenvalue weighted by Crippen LogP contribution is -2.17. The van der Waals surface area contributed by atoms with Crippen LogP contribution in [0.3, 0.4) is 0 Å². The number of aromatic nitrogens is 2. The Morgan fingerprint density at radius 1 is 1.14 bits per heavy atom. The number of anilines is 1. The summed E-state index contributed by atoms with van der Waals surface area (Å²) in [5, 5.41) is 8.50. The first-order chi connectivity index (χ1) is 13.7. The highest BCUT2D eigenvalue weighted by Crippen LogP contribution is 2.17. The van der Waals surface area contributed by atoms with Crippen LogP contribution in [0.25, 0.3) is 5.69 Å². The van der Waals surface area contributed by atoms with Crippen LogP contribution in [-0.2, 0) is 0 Å². The summed E-state index contributed by atoms with van der Waals surface area (Å²) in [6.45, 7) is 2.65. The van der Waals surface area contributed by atoms with E-state index in [2.05, 4.69) is 22.3 Å². The van der Waals surface area contributed by atoms with Crippen molar-refractivity contribution in [1.29, 1.82) is 0 Å². The van der Waals surface area contributed by atoms with Gasteiger partial charge in [0, 0.05) is 17.8 Å². The standard InChI is InChI=1S/C21H22N4O2S/c1-3-12-27-20-14-17(15-22-25(20)18-9-5-4-6-10-18)24-21(28)23-16-8-7-11-19(13-16)26-2/h4-11,13-15H,3,12H2,1-2H3,(H,23,28). The lowest BCUT2D eigenvalue weighted by Gasteiger charge is -2.12. The van der Waals surface area contributed by atoms with Crippen LogP contribution in [0.1, 0.15) is 13.3 Å². The Morgan fingerprint density at radius 2 is 1.96 bits per heavy atom. The molecular formula is C21H22N4O2S. The van der Waals surface area contributed by atoms with Crippen molar-refractivity contribution in [2.24, 2.45) is 4.99 Å². The minimum atomic E-state index is 0.328. The molecule has 28 heavy (non-hydrogen) atoms. The number of nitrogens with zero attached hydrogens (tertiary/aromatic N) is 3. The van der Waals surface area contributed by atoms with E-state index >= 15 is 0 Å². The second kappa shape index (κ2) is 9.66. The summed E-state index contributed by atoms with van der Waals surface area (Å²) >= 11 is 5.36. The third kappa shape index (κ3) is 5.17. The predicted molar refractivity (Wildman–Crippen MR) is 114 cm³/mol. The molecular weight excluding hydrogens is 372 g/mol. The van der Waals surface area contributed by atoms with Gasteiger partial charge in [0.15, 0.2) is 5.11 Å². The maximum Gasteiger partial charge on any atom is 0.217 e. The average Bonchev–Trinajstić information content (AvgIpc) is 2.73. The number of thiocarbonyl (C=S) groups is 1. The van der Waals surface area contributed by atoms with Gasteiger partial charge in [0.05, 0.1) is 31.0 Å². The number of benzene rings is 2. The molecule has 1 N–H and O–H groups in total. The third-order valence-electron chi connectivity index (χ3n) is 3.79. The van der Waals surface area contributed by atoms with Crippen LogP contribution < -0.4 is 20.1 Å². The van der Waals surface area contributed by atoms with Gasteiger partial charge in [-0.05, 0) is 42.9 Å². The molecule has 0 aliphatic heterocycles. The molecule has 0 aliphatic rings. The number of para-hydroxylation sites is 1. The monoisotopic (exact) mass is 394 g/mol. The fourth-order valence-electron chi connectivity index (χ4n) is 2.50. The second-order valence-electron chi connectivity index (χ2n) is 5.92. The van der Waals surface area contributed by atoms with E-state index in [0.29, 0.717) is 23.0 Å². The normalized spacial score (nSPS) is 11.1. The molecule has 0 atom stereocenters. The van der Waals surface area contributed by atoms with Gasteiger partial charge < -0.3 is 14.8 Å². The molecule has 0 saturated heterocycles. The molecule has 1 aromatic heterocycles. The quantitative estimate of drug-likeness (QED) is 0.641. The highest BCUT2D eigenvalue weighted by atomic mass is 32.1. The third-order valence-corrected chi connectivity index (χ3v) is 3.99. The van der Waals surface area contributed by atoms with Gasteiger partial charge >= 0.3 is 0 Å². The summed E-state index contributed by atoms with van der Waals surface area (Å²) in [7, 11) is 1.62. The highest BCUT2D eigenvalue weighted by molar-refractivity contribution is 7.80. The van der Waals surface area contributed by atoms with Crippen molar-refractivity contribution >= 4 is 23.0 Å². The van der Waals surface area contributed by atoms with E-state index in [-0.39, 0.29) is 0 Å². The number of hydrogen-bond acceptors (Lipinski definition) is 4. The van der Waals surface area contributed by atoms with Gasteiger partial charge in [-0.2, -0.15) is 5.10 Å². The Kier molecular flexibility index (Phi) is 6.75. The molecule has 0 radical (unpaired) electrons. The summed E-state index contributed by atoms with van der Waals surface area (Å²) in [4.78, 5) is 4.44. The smallest absolute Gasteiger partial charge is 0.217 e. The minimum absolute atomic E-state index is 0.328. The molecule has 7 heteroatoms. The van der Waals surface area contributed by atoms with Crippen LogP contribution in [0, 0.1) is 0 Å². The zero-order chi connectivity index (χ0) is 19.8. The molecule has 0 unspecified atom stereocenters. The molecule has 0 bridgehead atoms. The van der Waals surface area contributed by atoms with E-state index < -0.39 is 0 Å². The molecule has 3 rings (SSSR count). The SMILES string of the molecule is CCCOc1cc(=NC(=S)Nc2cccc(OC)c2)cnn1-c1ccccc1. The molecule has 2 aromatic carbocycles. The van der Waals surface area contributed by atoms with Gasteiger partial charge in [0.2, 0.25) is 5.88 Å². The van der Waals surface area contributed by atoms with Crippen molar-refractivity contribution in [3.63, 3.8) is 0 Å². The van der Waals surface area contributed by atoms with Crippen LogP contribution in [0.2, 0.25) is 0 Å². The van der Waals surface area contributed by atoms with E-state index in [0.717, 1.165) is 23.5 Å². The van der Waals surface area contributed by atoms with Gasteiger partial charge in [-0.1, -0.05) is 31.2 Å². The van der Waals surface area contributed by atoms with E-state index in [1.165, 1.54) is 0 Å². The lowest BCUT2D eigenvalue weighted by molar-refractivity contribution is 0.291. The summed E-state index contributed by atoms with van der Waals surface area (Å²) in [6, 6.07) is 19.1. The van der Waals surface area contributed by atoms with Crippen LogP contribution in [0.15, 0.2) is 71.9 Å². The molecule has 0 aliphatic carbocycles. The van der Waals surface area contributed by atoms with Crippen molar-refractivity contribution in [2.45, 2.75) is 13.3 Å². The van der Waals surface area contributed by atoms with Gasteiger partial charge in [0.25, 0.3) is 0 Å². The van der Waals surface area contributed by atoms with Crippen LogP contribution in [0.4, 0.5) is 5.69 Å². The number of methoxy groups -OCH3 is 1. The predicted octanol–water partition coefficient (Wildman–Crippen LogP) is 3.97. The maximum absolute atomic E-state index is 5.87. The van der Waals surface area contributed by atoms with Crippen molar-refractivity contribution in [2.75, 3.05) is 19.0 Å². The van der Waals surface area contributed by atoms with Crippen molar-refractivity contribution in [3.8, 4) is 17.3 Å². The Hall–Kier alpha value is -3.19. The van der Waals surface area contributed by atoms with Gasteiger partial charge in [-0.25, -0.2) is 9.67 Å². The van der Waals surface area contributed by atoms with Gasteiger partial charge in [-0.15, -0.1) is 0 Å². The van der Waals surface area contributed by atoms with Crippen molar-refractivity contribution in [3.05, 3.63) is 72.2 Å². The topological polar surface area (TPSA) is 60.7 Å². The molecule has 0 fully saturated rings. The Bertz CT molecular complexity index is 1000. The average molecular weight is 395 g/mol. The molecule has 6 nitrogen and oxygen atoms in total.